The molecule has 0 saturated carbocycles. The number of carbonyl (C=O) groups excluding carboxylic acids is 1. The minimum atomic E-state index is 0.156. The summed E-state index contributed by atoms with van der Waals surface area (Å²) in [6.45, 7) is 3.39. The molecule has 1 aliphatic heterocycles. The summed E-state index contributed by atoms with van der Waals surface area (Å²) in [5, 5.41) is 1.06. The molecule has 37 heavy (non-hydrogen) atoms. The van der Waals surface area contributed by atoms with Gasteiger partial charge in [0.15, 0.2) is 5.65 Å². The lowest BCUT2D eigenvalue weighted by Crippen LogP contribution is -2.49. The Balaban J connectivity index is 1.09. The van der Waals surface area contributed by atoms with Crippen molar-refractivity contribution < 1.29 is 4.79 Å². The van der Waals surface area contributed by atoms with Crippen molar-refractivity contribution in [2.45, 2.75) is 13.0 Å². The summed E-state index contributed by atoms with van der Waals surface area (Å²) >= 11 is 0. The van der Waals surface area contributed by atoms with Crippen LogP contribution in [0.3, 0.4) is 0 Å². The molecule has 7 rings (SSSR count). The number of nitrogens with zero attached hydrogens (tertiary/aromatic N) is 7. The van der Waals surface area contributed by atoms with Crippen LogP contribution in [0.25, 0.3) is 44.1 Å². The molecule has 6 aromatic rings. The van der Waals surface area contributed by atoms with Crippen LogP contribution in [0.1, 0.15) is 6.42 Å². The third-order valence-electron chi connectivity index (χ3n) is 7.20. The van der Waals surface area contributed by atoms with Crippen molar-refractivity contribution in [2.75, 3.05) is 31.1 Å². The molecule has 182 valence electrons. The van der Waals surface area contributed by atoms with E-state index in [2.05, 4.69) is 26.6 Å². The van der Waals surface area contributed by atoms with E-state index in [9.17, 15) is 4.79 Å². The highest BCUT2D eigenvalue weighted by molar-refractivity contribution is 6.06. The highest BCUT2D eigenvalue weighted by Gasteiger charge is 2.23. The number of aryl methyl sites for hydroxylation is 1. The SMILES string of the molecule is O=C(CCn1c2ccccc2c2nc3ccccc3nc21)N1CCN(c2cnc3ccccc3n2)CC1. The first kappa shape index (κ1) is 21.7. The molecule has 3 aromatic heterocycles. The van der Waals surface area contributed by atoms with Crippen LogP contribution in [-0.2, 0) is 11.3 Å². The van der Waals surface area contributed by atoms with Crippen molar-refractivity contribution in [3.63, 3.8) is 0 Å². The molecule has 1 fully saturated rings. The molecule has 0 spiro atoms. The number of rotatable bonds is 4. The van der Waals surface area contributed by atoms with Gasteiger partial charge in [-0.2, -0.15) is 0 Å². The lowest BCUT2D eigenvalue weighted by atomic mass is 10.2. The van der Waals surface area contributed by atoms with Gasteiger partial charge in [0.25, 0.3) is 0 Å². The third kappa shape index (κ3) is 3.81. The summed E-state index contributed by atoms with van der Waals surface area (Å²) in [7, 11) is 0. The van der Waals surface area contributed by atoms with Gasteiger partial charge in [-0.1, -0.05) is 42.5 Å². The molecule has 0 bridgehead atoms. The number of fused-ring (bicyclic) bond motifs is 5. The van der Waals surface area contributed by atoms with Crippen LogP contribution in [0.15, 0.2) is 79.0 Å². The van der Waals surface area contributed by atoms with Crippen LogP contribution in [0.5, 0.6) is 0 Å². The number of carbonyl (C=O) groups is 1. The van der Waals surface area contributed by atoms with Gasteiger partial charge >= 0.3 is 0 Å². The van der Waals surface area contributed by atoms with Gasteiger partial charge in [-0.25, -0.2) is 15.0 Å². The summed E-state index contributed by atoms with van der Waals surface area (Å²) in [6, 6.07) is 24.0. The molecular formula is C29H25N7O. The number of para-hydroxylation sites is 5. The van der Waals surface area contributed by atoms with E-state index in [0.717, 1.165) is 63.0 Å². The van der Waals surface area contributed by atoms with Gasteiger partial charge in [-0.15, -0.1) is 0 Å². The van der Waals surface area contributed by atoms with Gasteiger partial charge in [0.05, 0.1) is 33.8 Å². The van der Waals surface area contributed by atoms with Crippen LogP contribution in [0.4, 0.5) is 5.82 Å². The Kier molecular flexibility index (Phi) is 5.16. The summed E-state index contributed by atoms with van der Waals surface area (Å²) < 4.78 is 2.14. The number of piperazine rings is 1. The second-order valence-corrected chi connectivity index (χ2v) is 9.39. The topological polar surface area (TPSA) is 80.0 Å². The first-order valence-electron chi connectivity index (χ1n) is 12.6. The second kappa shape index (κ2) is 8.81. The van der Waals surface area contributed by atoms with Crippen LogP contribution in [0, 0.1) is 0 Å². The Morgan fingerprint density at radius 3 is 2.16 bits per heavy atom. The van der Waals surface area contributed by atoms with Crippen molar-refractivity contribution in [1.82, 2.24) is 29.4 Å². The van der Waals surface area contributed by atoms with Gasteiger partial charge in [0, 0.05) is 44.5 Å². The third-order valence-corrected chi connectivity index (χ3v) is 7.20. The fourth-order valence-electron chi connectivity index (χ4n) is 5.26. The Morgan fingerprint density at radius 2 is 1.38 bits per heavy atom. The van der Waals surface area contributed by atoms with Crippen molar-refractivity contribution in [3.05, 3.63) is 79.0 Å². The van der Waals surface area contributed by atoms with Gasteiger partial charge in [0.1, 0.15) is 11.3 Å². The van der Waals surface area contributed by atoms with Crippen LogP contribution < -0.4 is 4.90 Å². The first-order valence-corrected chi connectivity index (χ1v) is 12.6. The molecule has 3 aromatic carbocycles. The van der Waals surface area contributed by atoms with Crippen molar-refractivity contribution in [3.8, 4) is 0 Å². The molecule has 0 N–H and O–H groups in total. The molecule has 0 unspecified atom stereocenters. The largest absolute Gasteiger partial charge is 0.352 e. The maximum Gasteiger partial charge on any atom is 0.224 e. The zero-order valence-corrected chi connectivity index (χ0v) is 20.3. The predicted molar refractivity (Wildman–Crippen MR) is 145 cm³/mol. The number of hydrogen-bond donors (Lipinski definition) is 0. The summed E-state index contributed by atoms with van der Waals surface area (Å²) in [5.41, 5.74) is 6.28. The number of hydrogen-bond acceptors (Lipinski definition) is 6. The standard InChI is InChI=1S/C29H25N7O/c37-27(35-17-15-34(16-18-35)26-19-30-21-8-2-3-9-22(21)31-26)13-14-36-25-12-6-1-7-20(25)28-29(36)33-24-11-5-4-10-23(24)32-28/h1-12,19H,13-18H2. The highest BCUT2D eigenvalue weighted by atomic mass is 16.2. The predicted octanol–water partition coefficient (Wildman–Crippen LogP) is 4.42. The maximum absolute atomic E-state index is 13.2. The van der Waals surface area contributed by atoms with Gasteiger partial charge in [-0.3, -0.25) is 9.78 Å². The van der Waals surface area contributed by atoms with E-state index in [1.54, 1.807) is 0 Å². The molecule has 0 aliphatic carbocycles. The fourth-order valence-corrected chi connectivity index (χ4v) is 5.26. The van der Waals surface area contributed by atoms with Gasteiger partial charge in [-0.05, 0) is 30.3 Å². The molecular weight excluding hydrogens is 462 g/mol. The van der Waals surface area contributed by atoms with Crippen molar-refractivity contribution in [1.29, 1.82) is 0 Å². The maximum atomic E-state index is 13.2. The minimum Gasteiger partial charge on any atom is -0.352 e. The average Bonchev–Trinajstić information content (AvgIpc) is 3.27. The molecule has 1 aliphatic rings. The number of anilines is 1. The van der Waals surface area contributed by atoms with Crippen molar-refractivity contribution >= 4 is 55.9 Å². The molecule has 1 saturated heterocycles. The van der Waals surface area contributed by atoms with E-state index in [1.807, 2.05) is 71.8 Å². The fraction of sp³-hybridized carbons (Fsp3) is 0.207. The van der Waals surface area contributed by atoms with E-state index >= 15 is 0 Å². The summed E-state index contributed by atoms with van der Waals surface area (Å²) in [5.74, 6) is 1.02. The molecule has 4 heterocycles. The Labute approximate surface area is 213 Å². The first-order chi connectivity index (χ1) is 18.2. The molecule has 1 amide bonds. The Bertz CT molecular complexity index is 1790. The second-order valence-electron chi connectivity index (χ2n) is 9.39. The van der Waals surface area contributed by atoms with E-state index in [-0.39, 0.29) is 5.91 Å². The molecule has 0 atom stereocenters. The smallest absolute Gasteiger partial charge is 0.224 e. The quantitative estimate of drug-likeness (QED) is 0.366. The number of amides is 1. The normalized spacial score (nSPS) is 14.3. The van der Waals surface area contributed by atoms with Gasteiger partial charge < -0.3 is 14.4 Å². The summed E-state index contributed by atoms with van der Waals surface area (Å²) in [6.07, 6.45) is 2.24. The molecule has 8 nitrogen and oxygen atoms in total. The Morgan fingerprint density at radius 1 is 0.730 bits per heavy atom. The Hall–Kier alpha value is -4.59. The van der Waals surface area contributed by atoms with Crippen LogP contribution in [-0.4, -0.2) is 61.5 Å². The zero-order chi connectivity index (χ0) is 24.8. The van der Waals surface area contributed by atoms with Gasteiger partial charge in [0.2, 0.25) is 5.91 Å². The van der Waals surface area contributed by atoms with Crippen LogP contribution >= 0.6 is 0 Å². The number of benzene rings is 3. The highest BCUT2D eigenvalue weighted by Crippen LogP contribution is 2.28. The zero-order valence-electron chi connectivity index (χ0n) is 20.3. The molecule has 0 radical (unpaired) electrons. The van der Waals surface area contributed by atoms with Crippen LogP contribution in [0.2, 0.25) is 0 Å². The van der Waals surface area contributed by atoms with E-state index in [0.29, 0.717) is 26.1 Å². The van der Waals surface area contributed by atoms with E-state index in [4.69, 9.17) is 15.0 Å². The monoisotopic (exact) mass is 487 g/mol. The lowest BCUT2D eigenvalue weighted by Gasteiger charge is -2.35. The van der Waals surface area contributed by atoms with Crippen molar-refractivity contribution in [2.24, 2.45) is 0 Å². The summed E-state index contributed by atoms with van der Waals surface area (Å²) in [4.78, 5) is 36.5. The minimum absolute atomic E-state index is 0.156. The molecule has 8 heteroatoms. The van der Waals surface area contributed by atoms with E-state index in [1.165, 1.54) is 0 Å². The average molecular weight is 488 g/mol. The number of aromatic nitrogens is 5. The lowest BCUT2D eigenvalue weighted by molar-refractivity contribution is -0.131. The van der Waals surface area contributed by atoms with E-state index < -0.39 is 0 Å².